The predicted molar refractivity (Wildman–Crippen MR) is 82.6 cm³/mol. The highest BCUT2D eigenvalue weighted by Gasteiger charge is 2.11. The van der Waals surface area contributed by atoms with E-state index in [0.29, 0.717) is 17.7 Å². The van der Waals surface area contributed by atoms with Gasteiger partial charge in [0.05, 0.1) is 11.2 Å². The Kier molecular flexibility index (Phi) is 3.60. The summed E-state index contributed by atoms with van der Waals surface area (Å²) in [5.74, 6) is 5.10. The van der Waals surface area contributed by atoms with Gasteiger partial charge in [-0.25, -0.2) is 4.39 Å². The summed E-state index contributed by atoms with van der Waals surface area (Å²) < 4.78 is 13.8. The summed E-state index contributed by atoms with van der Waals surface area (Å²) in [4.78, 5) is 4.56. The summed E-state index contributed by atoms with van der Waals surface area (Å²) in [5, 5.41) is 4.80. The van der Waals surface area contributed by atoms with Crippen molar-refractivity contribution >= 4 is 16.6 Å². The second-order valence-corrected chi connectivity index (χ2v) is 4.73. The smallest absolute Gasteiger partial charge is 0.132 e. The molecular formula is C17H14FN3. The van der Waals surface area contributed by atoms with Crippen LogP contribution in [0.5, 0.6) is 0 Å². The third kappa shape index (κ3) is 2.74. The Labute approximate surface area is 121 Å². The zero-order chi connectivity index (χ0) is 14.7. The minimum absolute atomic E-state index is 0.331. The molecule has 1 heterocycles. The molecule has 3 aromatic rings. The first-order valence-corrected chi connectivity index (χ1v) is 6.64. The Morgan fingerprint density at radius 3 is 2.57 bits per heavy atom. The predicted octanol–water partition coefficient (Wildman–Crippen LogP) is 3.28. The first-order valence-electron chi connectivity index (χ1n) is 6.64. The third-order valence-electron chi connectivity index (χ3n) is 3.35. The van der Waals surface area contributed by atoms with Crippen LogP contribution in [0.15, 0.2) is 65.8 Å². The van der Waals surface area contributed by atoms with E-state index in [9.17, 15) is 4.39 Å². The zero-order valence-electron chi connectivity index (χ0n) is 11.3. The maximum Gasteiger partial charge on any atom is 0.132 e. The molecule has 0 unspecified atom stereocenters. The van der Waals surface area contributed by atoms with Gasteiger partial charge in [0.15, 0.2) is 0 Å². The van der Waals surface area contributed by atoms with Gasteiger partial charge >= 0.3 is 0 Å². The van der Waals surface area contributed by atoms with E-state index in [1.807, 2.05) is 36.4 Å². The van der Waals surface area contributed by atoms with Crippen molar-refractivity contribution in [1.82, 2.24) is 4.98 Å². The lowest BCUT2D eigenvalue weighted by molar-refractivity contribution is 0.624. The maximum absolute atomic E-state index is 13.8. The van der Waals surface area contributed by atoms with Gasteiger partial charge in [0.1, 0.15) is 5.82 Å². The van der Waals surface area contributed by atoms with E-state index >= 15 is 0 Å². The van der Waals surface area contributed by atoms with Gasteiger partial charge in [-0.1, -0.05) is 42.5 Å². The van der Waals surface area contributed by atoms with Crippen molar-refractivity contribution in [3.63, 3.8) is 0 Å². The minimum Gasteiger partial charge on any atom is -0.323 e. The van der Waals surface area contributed by atoms with Crippen LogP contribution in [0.25, 0.3) is 10.9 Å². The Morgan fingerprint density at radius 2 is 1.76 bits per heavy atom. The van der Waals surface area contributed by atoms with Gasteiger partial charge in [-0.05, 0) is 18.2 Å². The Hall–Kier alpha value is -2.75. The number of rotatable bonds is 3. The SMILES string of the molecule is NN=C(Cc1ccc2ccccc2n1)c1ccccc1F. The first-order chi connectivity index (χ1) is 10.3. The van der Waals surface area contributed by atoms with Gasteiger partial charge in [-0.2, -0.15) is 5.10 Å². The Balaban J connectivity index is 1.95. The molecule has 2 aromatic carbocycles. The number of benzene rings is 2. The number of fused-ring (bicyclic) bond motifs is 1. The molecule has 0 radical (unpaired) electrons. The van der Waals surface area contributed by atoms with Crippen molar-refractivity contribution in [2.75, 3.05) is 0 Å². The van der Waals surface area contributed by atoms with E-state index in [1.165, 1.54) is 6.07 Å². The molecule has 0 aliphatic rings. The van der Waals surface area contributed by atoms with E-state index in [1.54, 1.807) is 18.2 Å². The van der Waals surface area contributed by atoms with E-state index in [2.05, 4.69) is 10.1 Å². The molecular weight excluding hydrogens is 265 g/mol. The van der Waals surface area contributed by atoms with Crippen LogP contribution in [0.3, 0.4) is 0 Å². The molecule has 0 aliphatic carbocycles. The molecule has 0 atom stereocenters. The summed E-state index contributed by atoms with van der Waals surface area (Å²) in [5.41, 5.74) is 2.60. The highest BCUT2D eigenvalue weighted by Crippen LogP contribution is 2.15. The fourth-order valence-electron chi connectivity index (χ4n) is 2.28. The highest BCUT2D eigenvalue weighted by molar-refractivity contribution is 6.01. The van der Waals surface area contributed by atoms with Crippen molar-refractivity contribution in [2.45, 2.75) is 6.42 Å². The van der Waals surface area contributed by atoms with Crippen LogP contribution in [-0.4, -0.2) is 10.7 Å². The molecule has 4 heteroatoms. The maximum atomic E-state index is 13.8. The molecule has 2 N–H and O–H groups in total. The van der Waals surface area contributed by atoms with Crippen LogP contribution in [0.2, 0.25) is 0 Å². The van der Waals surface area contributed by atoms with Gasteiger partial charge in [0.25, 0.3) is 0 Å². The normalized spacial score (nSPS) is 11.8. The van der Waals surface area contributed by atoms with E-state index in [0.717, 1.165) is 16.6 Å². The number of hydrogen-bond donors (Lipinski definition) is 1. The van der Waals surface area contributed by atoms with Gasteiger partial charge < -0.3 is 5.84 Å². The lowest BCUT2D eigenvalue weighted by Gasteiger charge is -2.07. The average Bonchev–Trinajstić information content (AvgIpc) is 2.53. The van der Waals surface area contributed by atoms with Crippen molar-refractivity contribution in [2.24, 2.45) is 10.9 Å². The number of hydrogen-bond acceptors (Lipinski definition) is 3. The monoisotopic (exact) mass is 279 g/mol. The molecule has 1 aromatic heterocycles. The summed E-state index contributed by atoms with van der Waals surface area (Å²) in [6, 6.07) is 18.2. The first kappa shape index (κ1) is 13.2. The van der Waals surface area contributed by atoms with E-state index < -0.39 is 0 Å². The molecule has 0 saturated carbocycles. The largest absolute Gasteiger partial charge is 0.323 e. The van der Waals surface area contributed by atoms with Crippen molar-refractivity contribution < 1.29 is 4.39 Å². The molecule has 0 amide bonds. The molecule has 3 rings (SSSR count). The second-order valence-electron chi connectivity index (χ2n) is 4.73. The number of pyridine rings is 1. The fraction of sp³-hybridized carbons (Fsp3) is 0.0588. The number of para-hydroxylation sites is 1. The number of hydrazone groups is 1. The van der Waals surface area contributed by atoms with Crippen molar-refractivity contribution in [3.05, 3.63) is 77.7 Å². The van der Waals surface area contributed by atoms with Gasteiger partial charge in [-0.15, -0.1) is 0 Å². The standard InChI is InChI=1S/C17H14FN3/c18-15-7-3-2-6-14(15)17(21-19)11-13-10-9-12-5-1-4-8-16(12)20-13/h1-10H,11,19H2. The molecule has 0 saturated heterocycles. The molecule has 0 spiro atoms. The minimum atomic E-state index is -0.331. The van der Waals surface area contributed by atoms with Gasteiger partial charge in [0.2, 0.25) is 0 Å². The lowest BCUT2D eigenvalue weighted by Crippen LogP contribution is -2.11. The topological polar surface area (TPSA) is 51.3 Å². The van der Waals surface area contributed by atoms with Gasteiger partial charge in [-0.3, -0.25) is 4.98 Å². The van der Waals surface area contributed by atoms with Crippen molar-refractivity contribution in [3.8, 4) is 0 Å². The van der Waals surface area contributed by atoms with Crippen molar-refractivity contribution in [1.29, 1.82) is 0 Å². The van der Waals surface area contributed by atoms with Crippen LogP contribution in [-0.2, 0) is 6.42 Å². The van der Waals surface area contributed by atoms with Crippen LogP contribution >= 0.6 is 0 Å². The number of aromatic nitrogens is 1. The molecule has 3 nitrogen and oxygen atoms in total. The van der Waals surface area contributed by atoms with Crippen LogP contribution < -0.4 is 5.84 Å². The van der Waals surface area contributed by atoms with Gasteiger partial charge in [0, 0.05) is 23.1 Å². The molecule has 0 bridgehead atoms. The second kappa shape index (κ2) is 5.71. The Bertz CT molecular complexity index is 812. The fourth-order valence-corrected chi connectivity index (χ4v) is 2.28. The summed E-state index contributed by atoms with van der Waals surface area (Å²) in [7, 11) is 0. The van der Waals surface area contributed by atoms with Crippen LogP contribution in [0.4, 0.5) is 4.39 Å². The summed E-state index contributed by atoms with van der Waals surface area (Å²) in [6.07, 6.45) is 0.391. The molecule has 0 aliphatic heterocycles. The van der Waals surface area contributed by atoms with E-state index in [4.69, 9.17) is 5.84 Å². The summed E-state index contributed by atoms with van der Waals surface area (Å²) in [6.45, 7) is 0. The quantitative estimate of drug-likeness (QED) is 0.454. The zero-order valence-corrected chi connectivity index (χ0v) is 11.3. The third-order valence-corrected chi connectivity index (χ3v) is 3.35. The van der Waals surface area contributed by atoms with E-state index in [-0.39, 0.29) is 5.82 Å². The average molecular weight is 279 g/mol. The molecule has 104 valence electrons. The number of halogens is 1. The highest BCUT2D eigenvalue weighted by atomic mass is 19.1. The Morgan fingerprint density at radius 1 is 1.00 bits per heavy atom. The molecule has 21 heavy (non-hydrogen) atoms. The number of nitrogens with two attached hydrogens (primary N) is 1. The van der Waals surface area contributed by atoms with Crippen LogP contribution in [0, 0.1) is 5.82 Å². The molecule has 0 fully saturated rings. The lowest BCUT2D eigenvalue weighted by atomic mass is 10.0. The van der Waals surface area contributed by atoms with Crippen LogP contribution in [0.1, 0.15) is 11.3 Å². The number of nitrogens with zero attached hydrogens (tertiary/aromatic N) is 2. The summed E-state index contributed by atoms with van der Waals surface area (Å²) >= 11 is 0.